The summed E-state index contributed by atoms with van der Waals surface area (Å²) in [4.78, 5) is 29.0. The average molecular weight is 380 g/mol. The van der Waals surface area contributed by atoms with Crippen LogP contribution >= 0.6 is 0 Å². The zero-order chi connectivity index (χ0) is 20.1. The molecular weight excluding hydrogens is 352 g/mol. The molecule has 0 spiro atoms. The minimum atomic E-state index is -0.0330. The lowest BCUT2D eigenvalue weighted by atomic mass is 10.1. The normalized spacial score (nSPS) is 14.5. The van der Waals surface area contributed by atoms with Gasteiger partial charge in [0, 0.05) is 31.7 Å². The second-order valence-corrected chi connectivity index (χ2v) is 7.33. The van der Waals surface area contributed by atoms with Gasteiger partial charge in [-0.1, -0.05) is 30.3 Å². The Hall–Kier alpha value is -2.82. The molecule has 0 aromatic heterocycles. The van der Waals surface area contributed by atoms with E-state index in [1.165, 1.54) is 0 Å². The molecule has 0 atom stereocenters. The Bertz CT molecular complexity index is 848. The molecule has 1 fully saturated rings. The van der Waals surface area contributed by atoms with E-state index < -0.39 is 0 Å². The van der Waals surface area contributed by atoms with Crippen LogP contribution in [0, 0.1) is 20.8 Å². The number of carbonyl (C=O) groups excluding carboxylic acids is 2. The van der Waals surface area contributed by atoms with Gasteiger partial charge in [-0.25, -0.2) is 0 Å². The first-order valence-electron chi connectivity index (χ1n) is 9.79. The highest BCUT2D eigenvalue weighted by molar-refractivity contribution is 5.94. The largest absolute Gasteiger partial charge is 0.483 e. The van der Waals surface area contributed by atoms with E-state index >= 15 is 0 Å². The molecule has 1 heterocycles. The van der Waals surface area contributed by atoms with Crippen molar-refractivity contribution in [2.45, 2.75) is 27.2 Å². The molecule has 0 unspecified atom stereocenters. The van der Waals surface area contributed by atoms with E-state index in [1.54, 1.807) is 4.90 Å². The molecule has 5 nitrogen and oxygen atoms in total. The number of ether oxygens (including phenoxy) is 1. The summed E-state index contributed by atoms with van der Waals surface area (Å²) in [6, 6.07) is 13.4. The average Bonchev–Trinajstić information content (AvgIpc) is 2.97. The molecule has 3 rings (SSSR count). The van der Waals surface area contributed by atoms with E-state index in [4.69, 9.17) is 4.74 Å². The van der Waals surface area contributed by atoms with Crippen molar-refractivity contribution >= 4 is 11.8 Å². The van der Waals surface area contributed by atoms with Crippen molar-refractivity contribution in [3.8, 4) is 5.75 Å². The molecule has 1 aliphatic heterocycles. The molecule has 2 aromatic rings. The summed E-state index contributed by atoms with van der Waals surface area (Å²) in [5.74, 6) is 0.788. The van der Waals surface area contributed by atoms with Crippen LogP contribution < -0.4 is 4.74 Å². The van der Waals surface area contributed by atoms with Gasteiger partial charge in [0.15, 0.2) is 6.61 Å². The van der Waals surface area contributed by atoms with Gasteiger partial charge in [-0.15, -0.1) is 0 Å². The highest BCUT2D eigenvalue weighted by atomic mass is 16.5. The molecule has 0 bridgehead atoms. The van der Waals surface area contributed by atoms with Gasteiger partial charge in [0.2, 0.25) is 0 Å². The monoisotopic (exact) mass is 380 g/mol. The third-order valence-corrected chi connectivity index (χ3v) is 5.37. The number of nitrogens with zero attached hydrogens (tertiary/aromatic N) is 2. The van der Waals surface area contributed by atoms with Gasteiger partial charge in [-0.05, 0) is 56.0 Å². The van der Waals surface area contributed by atoms with Gasteiger partial charge >= 0.3 is 0 Å². The Labute approximate surface area is 166 Å². The van der Waals surface area contributed by atoms with Crippen molar-refractivity contribution in [3.63, 3.8) is 0 Å². The second kappa shape index (κ2) is 8.91. The van der Waals surface area contributed by atoms with Crippen molar-refractivity contribution < 1.29 is 14.3 Å². The van der Waals surface area contributed by atoms with Crippen LogP contribution in [-0.4, -0.2) is 54.4 Å². The first-order valence-corrected chi connectivity index (χ1v) is 9.79. The Kier molecular flexibility index (Phi) is 6.34. The standard InChI is InChI=1S/C23H28N2O3/c1-17-10-11-18(2)22(19(17)3)28-16-21(26)24-12-7-13-25(15-14-24)23(27)20-8-5-4-6-9-20/h4-6,8-11H,7,12-16H2,1-3H3. The Morgan fingerprint density at radius 2 is 1.50 bits per heavy atom. The van der Waals surface area contributed by atoms with Crippen LogP contribution in [0.5, 0.6) is 5.75 Å². The van der Waals surface area contributed by atoms with E-state index in [-0.39, 0.29) is 18.4 Å². The Morgan fingerprint density at radius 3 is 2.25 bits per heavy atom. The quantitative estimate of drug-likeness (QED) is 0.817. The number of benzene rings is 2. The molecule has 5 heteroatoms. The summed E-state index contributed by atoms with van der Waals surface area (Å²) < 4.78 is 5.88. The highest BCUT2D eigenvalue weighted by Crippen LogP contribution is 2.25. The van der Waals surface area contributed by atoms with Crippen molar-refractivity contribution in [2.75, 3.05) is 32.8 Å². The smallest absolute Gasteiger partial charge is 0.260 e. The number of carbonyl (C=O) groups is 2. The first kappa shape index (κ1) is 19.9. The molecule has 2 amide bonds. The summed E-state index contributed by atoms with van der Waals surface area (Å²) in [5, 5.41) is 0. The SMILES string of the molecule is Cc1ccc(C)c(OCC(=O)N2CCCN(C(=O)c3ccccc3)CC2)c1C. The maximum Gasteiger partial charge on any atom is 0.260 e. The zero-order valence-corrected chi connectivity index (χ0v) is 16.9. The van der Waals surface area contributed by atoms with E-state index in [0.717, 1.165) is 28.9 Å². The molecule has 0 aliphatic carbocycles. The molecule has 28 heavy (non-hydrogen) atoms. The fourth-order valence-electron chi connectivity index (χ4n) is 3.51. The number of hydrogen-bond donors (Lipinski definition) is 0. The fraction of sp³-hybridized carbons (Fsp3) is 0.391. The lowest BCUT2D eigenvalue weighted by Crippen LogP contribution is -2.39. The Balaban J connectivity index is 1.58. The molecule has 1 aliphatic rings. The van der Waals surface area contributed by atoms with Crippen molar-refractivity contribution in [3.05, 3.63) is 64.7 Å². The third kappa shape index (κ3) is 4.53. The molecule has 0 saturated carbocycles. The number of aryl methyl sites for hydroxylation is 2. The minimum Gasteiger partial charge on any atom is -0.483 e. The molecular formula is C23H28N2O3. The summed E-state index contributed by atoms with van der Waals surface area (Å²) >= 11 is 0. The van der Waals surface area contributed by atoms with Gasteiger partial charge in [-0.2, -0.15) is 0 Å². The summed E-state index contributed by atoms with van der Waals surface area (Å²) in [7, 11) is 0. The van der Waals surface area contributed by atoms with Crippen LogP contribution in [0.1, 0.15) is 33.5 Å². The zero-order valence-electron chi connectivity index (χ0n) is 16.9. The van der Waals surface area contributed by atoms with Gasteiger partial charge in [-0.3, -0.25) is 9.59 Å². The van der Waals surface area contributed by atoms with Crippen molar-refractivity contribution in [1.29, 1.82) is 0 Å². The van der Waals surface area contributed by atoms with Gasteiger partial charge in [0.1, 0.15) is 5.75 Å². The van der Waals surface area contributed by atoms with Gasteiger partial charge in [0.05, 0.1) is 0 Å². The number of rotatable bonds is 4. The fourth-order valence-corrected chi connectivity index (χ4v) is 3.51. The van der Waals surface area contributed by atoms with Crippen molar-refractivity contribution in [2.24, 2.45) is 0 Å². The summed E-state index contributed by atoms with van der Waals surface area (Å²) in [5.41, 5.74) is 3.95. The summed E-state index contributed by atoms with van der Waals surface area (Å²) in [6.07, 6.45) is 0.771. The van der Waals surface area contributed by atoms with Crippen LogP contribution in [-0.2, 0) is 4.79 Å². The predicted molar refractivity (Wildman–Crippen MR) is 110 cm³/mol. The van der Waals surface area contributed by atoms with Gasteiger partial charge in [0.25, 0.3) is 11.8 Å². The summed E-state index contributed by atoms with van der Waals surface area (Å²) in [6.45, 7) is 8.45. The van der Waals surface area contributed by atoms with E-state index in [0.29, 0.717) is 31.7 Å². The van der Waals surface area contributed by atoms with Crippen LogP contribution in [0.25, 0.3) is 0 Å². The van der Waals surface area contributed by atoms with Crippen molar-refractivity contribution in [1.82, 2.24) is 9.80 Å². The van der Waals surface area contributed by atoms with Crippen LogP contribution in [0.3, 0.4) is 0 Å². The number of amides is 2. The maximum absolute atomic E-state index is 12.7. The molecule has 0 radical (unpaired) electrons. The molecule has 148 valence electrons. The van der Waals surface area contributed by atoms with Gasteiger partial charge < -0.3 is 14.5 Å². The second-order valence-electron chi connectivity index (χ2n) is 7.33. The van der Waals surface area contributed by atoms with Crippen LogP contribution in [0.2, 0.25) is 0 Å². The third-order valence-electron chi connectivity index (χ3n) is 5.37. The first-order chi connectivity index (χ1) is 13.5. The molecule has 2 aromatic carbocycles. The van der Waals surface area contributed by atoms with E-state index in [9.17, 15) is 9.59 Å². The van der Waals surface area contributed by atoms with E-state index in [1.807, 2.05) is 62.1 Å². The minimum absolute atomic E-state index is 0.0251. The van der Waals surface area contributed by atoms with Crippen LogP contribution in [0.4, 0.5) is 0 Å². The highest BCUT2D eigenvalue weighted by Gasteiger charge is 2.23. The Morgan fingerprint density at radius 1 is 0.857 bits per heavy atom. The predicted octanol–water partition coefficient (Wildman–Crippen LogP) is 3.37. The molecule has 0 N–H and O–H groups in total. The molecule has 1 saturated heterocycles. The van der Waals surface area contributed by atoms with E-state index in [2.05, 4.69) is 6.07 Å². The lowest BCUT2D eigenvalue weighted by molar-refractivity contribution is -0.133. The maximum atomic E-state index is 12.7. The lowest BCUT2D eigenvalue weighted by Gasteiger charge is -2.23. The number of hydrogen-bond acceptors (Lipinski definition) is 3. The van der Waals surface area contributed by atoms with Crippen LogP contribution in [0.15, 0.2) is 42.5 Å². The topological polar surface area (TPSA) is 49.9 Å².